The summed E-state index contributed by atoms with van der Waals surface area (Å²) in [5, 5.41) is 9.49. The van der Waals surface area contributed by atoms with Crippen LogP contribution in [-0.4, -0.2) is 29.8 Å². The number of likely N-dealkylation sites (tertiary alicyclic amines) is 1. The quantitative estimate of drug-likeness (QED) is 0.805. The summed E-state index contributed by atoms with van der Waals surface area (Å²) in [6.07, 6.45) is 1.85. The molecule has 20 heavy (non-hydrogen) atoms. The van der Waals surface area contributed by atoms with Gasteiger partial charge in [-0.15, -0.1) is 11.6 Å². The first-order valence-electron chi connectivity index (χ1n) is 6.58. The lowest BCUT2D eigenvalue weighted by molar-refractivity contribution is -0.130. The van der Waals surface area contributed by atoms with Crippen LogP contribution in [0.25, 0.3) is 0 Å². The van der Waals surface area contributed by atoms with Crippen LogP contribution in [0.5, 0.6) is 0 Å². The van der Waals surface area contributed by atoms with Crippen molar-refractivity contribution >= 4 is 17.5 Å². The van der Waals surface area contributed by atoms with Crippen molar-refractivity contribution in [2.24, 2.45) is 5.41 Å². The van der Waals surface area contributed by atoms with Gasteiger partial charge in [0.15, 0.2) is 0 Å². The Hall–Kier alpha value is -1.60. The molecular weight excluding hydrogens is 279 g/mol. The number of hydrogen-bond donors (Lipinski definition) is 0. The molecular formula is C15H16ClFN2O. The number of piperidine rings is 1. The Morgan fingerprint density at radius 2 is 1.95 bits per heavy atom. The van der Waals surface area contributed by atoms with Gasteiger partial charge in [-0.3, -0.25) is 4.79 Å². The van der Waals surface area contributed by atoms with E-state index < -0.39 is 5.41 Å². The van der Waals surface area contributed by atoms with Gasteiger partial charge in [0.2, 0.25) is 5.91 Å². The Bertz CT molecular complexity index is 516. The number of rotatable bonds is 3. The average Bonchev–Trinajstić information content (AvgIpc) is 2.49. The summed E-state index contributed by atoms with van der Waals surface area (Å²) in [7, 11) is 0. The van der Waals surface area contributed by atoms with Gasteiger partial charge in [0.1, 0.15) is 11.7 Å². The van der Waals surface area contributed by atoms with Crippen molar-refractivity contribution < 1.29 is 9.18 Å². The number of alkyl halides is 1. The highest BCUT2D eigenvalue weighted by Gasteiger charge is 2.36. The molecule has 1 fully saturated rings. The van der Waals surface area contributed by atoms with E-state index in [1.807, 2.05) is 0 Å². The van der Waals surface area contributed by atoms with Gasteiger partial charge in [0.25, 0.3) is 0 Å². The van der Waals surface area contributed by atoms with Gasteiger partial charge in [-0.1, -0.05) is 12.1 Å². The van der Waals surface area contributed by atoms with Crippen LogP contribution in [0.4, 0.5) is 4.39 Å². The zero-order chi connectivity index (χ0) is 14.6. The SMILES string of the molecule is N#CC1(Cc2ccc(F)cc2)CCN(C(=O)CCl)CC1. The molecule has 106 valence electrons. The number of nitriles is 1. The maximum absolute atomic E-state index is 12.9. The summed E-state index contributed by atoms with van der Waals surface area (Å²) in [5.41, 5.74) is 0.478. The molecule has 1 amide bonds. The van der Waals surface area contributed by atoms with Crippen molar-refractivity contribution in [3.63, 3.8) is 0 Å². The number of hydrogen-bond acceptors (Lipinski definition) is 2. The third kappa shape index (κ3) is 3.29. The third-order valence-corrected chi connectivity index (χ3v) is 4.11. The monoisotopic (exact) mass is 294 g/mol. The molecule has 1 aliphatic heterocycles. The van der Waals surface area contributed by atoms with Crippen LogP contribution in [0.15, 0.2) is 24.3 Å². The first-order valence-corrected chi connectivity index (χ1v) is 7.11. The number of amides is 1. The van der Waals surface area contributed by atoms with E-state index >= 15 is 0 Å². The van der Waals surface area contributed by atoms with Crippen LogP contribution in [0, 0.1) is 22.6 Å². The molecule has 0 N–H and O–H groups in total. The average molecular weight is 295 g/mol. The Kier molecular flexibility index (Phi) is 4.61. The number of benzene rings is 1. The van der Waals surface area contributed by atoms with Crippen LogP contribution in [0.2, 0.25) is 0 Å². The van der Waals surface area contributed by atoms with Crippen LogP contribution in [0.3, 0.4) is 0 Å². The minimum atomic E-state index is -0.471. The predicted octanol–water partition coefficient (Wildman–Crippen LogP) is 2.74. The predicted molar refractivity (Wildman–Crippen MR) is 74.7 cm³/mol. The molecule has 1 aromatic carbocycles. The number of nitrogens with zero attached hydrogens (tertiary/aromatic N) is 2. The van der Waals surface area contributed by atoms with Crippen LogP contribution >= 0.6 is 11.6 Å². The molecule has 0 radical (unpaired) electrons. The summed E-state index contributed by atoms with van der Waals surface area (Å²) in [4.78, 5) is 13.2. The molecule has 0 unspecified atom stereocenters. The van der Waals surface area contributed by atoms with Gasteiger partial charge in [-0.05, 0) is 37.0 Å². The molecule has 0 aliphatic carbocycles. The summed E-state index contributed by atoms with van der Waals surface area (Å²) < 4.78 is 12.9. The lowest BCUT2D eigenvalue weighted by Crippen LogP contribution is -2.44. The third-order valence-electron chi connectivity index (χ3n) is 3.88. The normalized spacial score (nSPS) is 17.6. The molecule has 0 bridgehead atoms. The fourth-order valence-electron chi connectivity index (χ4n) is 2.59. The Balaban J connectivity index is 2.04. The summed E-state index contributed by atoms with van der Waals surface area (Å²) in [5.74, 6) is -0.375. The number of carbonyl (C=O) groups excluding carboxylic acids is 1. The number of carbonyl (C=O) groups is 1. The van der Waals surface area contributed by atoms with Crippen molar-refractivity contribution in [2.75, 3.05) is 19.0 Å². The highest BCUT2D eigenvalue weighted by molar-refractivity contribution is 6.27. The topological polar surface area (TPSA) is 44.1 Å². The Morgan fingerprint density at radius 1 is 1.35 bits per heavy atom. The van der Waals surface area contributed by atoms with Crippen LogP contribution < -0.4 is 0 Å². The van der Waals surface area contributed by atoms with Crippen molar-refractivity contribution in [1.82, 2.24) is 4.90 Å². The summed E-state index contributed by atoms with van der Waals surface area (Å²) in [6, 6.07) is 8.64. The van der Waals surface area contributed by atoms with Gasteiger partial charge in [0, 0.05) is 13.1 Å². The Labute approximate surface area is 122 Å². The fourth-order valence-corrected chi connectivity index (χ4v) is 2.76. The maximum Gasteiger partial charge on any atom is 0.237 e. The summed E-state index contributed by atoms with van der Waals surface area (Å²) in [6.45, 7) is 1.11. The first-order chi connectivity index (χ1) is 9.58. The molecule has 5 heteroatoms. The molecule has 0 aromatic heterocycles. The second-order valence-electron chi connectivity index (χ2n) is 5.21. The lowest BCUT2D eigenvalue weighted by atomic mass is 9.75. The van der Waals surface area contributed by atoms with E-state index in [2.05, 4.69) is 6.07 Å². The van der Waals surface area contributed by atoms with E-state index in [0.717, 1.165) is 5.56 Å². The van der Waals surface area contributed by atoms with Gasteiger partial charge in [-0.25, -0.2) is 4.39 Å². The minimum absolute atomic E-state index is 0.0164. The fraction of sp³-hybridized carbons (Fsp3) is 0.467. The van der Waals surface area contributed by atoms with E-state index in [4.69, 9.17) is 11.6 Å². The van der Waals surface area contributed by atoms with E-state index in [1.165, 1.54) is 12.1 Å². The zero-order valence-corrected chi connectivity index (χ0v) is 11.9. The molecule has 1 aliphatic rings. The second kappa shape index (κ2) is 6.23. The van der Waals surface area contributed by atoms with Crippen molar-refractivity contribution in [1.29, 1.82) is 5.26 Å². The van der Waals surface area contributed by atoms with Gasteiger partial charge >= 0.3 is 0 Å². The minimum Gasteiger partial charge on any atom is -0.342 e. The molecule has 3 nitrogen and oxygen atoms in total. The number of halogens is 2. The van der Waals surface area contributed by atoms with Gasteiger partial charge in [0.05, 0.1) is 11.5 Å². The van der Waals surface area contributed by atoms with Gasteiger partial charge < -0.3 is 4.90 Å². The van der Waals surface area contributed by atoms with E-state index in [1.54, 1.807) is 17.0 Å². The van der Waals surface area contributed by atoms with Crippen molar-refractivity contribution in [3.8, 4) is 6.07 Å². The molecule has 1 heterocycles. The van der Waals surface area contributed by atoms with Crippen molar-refractivity contribution in [3.05, 3.63) is 35.6 Å². The van der Waals surface area contributed by atoms with Gasteiger partial charge in [-0.2, -0.15) is 5.26 Å². The lowest BCUT2D eigenvalue weighted by Gasteiger charge is -2.37. The maximum atomic E-state index is 12.9. The zero-order valence-electron chi connectivity index (χ0n) is 11.1. The molecule has 0 saturated carbocycles. The van der Waals surface area contributed by atoms with E-state index in [9.17, 15) is 14.4 Å². The van der Waals surface area contributed by atoms with Crippen LogP contribution in [-0.2, 0) is 11.2 Å². The van der Waals surface area contributed by atoms with E-state index in [-0.39, 0.29) is 17.6 Å². The molecule has 1 saturated heterocycles. The first kappa shape index (κ1) is 14.8. The van der Waals surface area contributed by atoms with E-state index in [0.29, 0.717) is 32.4 Å². The standard InChI is InChI=1S/C15H16ClFN2O/c16-10-14(20)19-7-5-15(11-18,6-8-19)9-12-1-3-13(17)4-2-12/h1-4H,5-10H2. The largest absolute Gasteiger partial charge is 0.342 e. The smallest absolute Gasteiger partial charge is 0.237 e. The van der Waals surface area contributed by atoms with Crippen LogP contribution in [0.1, 0.15) is 18.4 Å². The molecule has 0 atom stereocenters. The summed E-state index contributed by atoms with van der Waals surface area (Å²) >= 11 is 5.54. The highest BCUT2D eigenvalue weighted by Crippen LogP contribution is 2.34. The highest BCUT2D eigenvalue weighted by atomic mass is 35.5. The second-order valence-corrected chi connectivity index (χ2v) is 5.48. The molecule has 0 spiro atoms. The Morgan fingerprint density at radius 3 is 2.45 bits per heavy atom. The molecule has 2 rings (SSSR count). The van der Waals surface area contributed by atoms with Crippen molar-refractivity contribution in [2.45, 2.75) is 19.3 Å². The molecule has 1 aromatic rings.